The van der Waals surface area contributed by atoms with Crippen LogP contribution in [-0.4, -0.2) is 42.7 Å². The first kappa shape index (κ1) is 29.3. The van der Waals surface area contributed by atoms with Crippen LogP contribution >= 0.6 is 34.9 Å². The third-order valence-electron chi connectivity index (χ3n) is 3.59. The first-order valence-electron chi connectivity index (χ1n) is 8.05. The molecule has 6 nitrogen and oxygen atoms in total. The Kier molecular flexibility index (Phi) is 17.1. The Morgan fingerprint density at radius 1 is 0.517 bits per heavy atom. The van der Waals surface area contributed by atoms with Gasteiger partial charge in [0, 0.05) is 0 Å². The van der Waals surface area contributed by atoms with Gasteiger partial charge in [-0.2, -0.15) is 27.1 Å². The average Bonchev–Trinajstić information content (AvgIpc) is 2.80. The molecule has 0 aromatic heterocycles. The molecule has 0 N–H and O–H groups in total. The van der Waals surface area contributed by atoms with E-state index in [2.05, 4.69) is 0 Å². The topological polar surface area (TPSA) is 55.4 Å². The Morgan fingerprint density at radius 3 is 0.897 bits per heavy atom. The fourth-order valence-electron chi connectivity index (χ4n) is 2.30. The zero-order valence-electron chi connectivity index (χ0n) is 17.2. The summed E-state index contributed by atoms with van der Waals surface area (Å²) >= 11 is -0.106. The molecule has 2 rings (SSSR count). The number of benzene rings is 2. The fourth-order valence-corrected chi connectivity index (χ4v) is 5.53. The van der Waals surface area contributed by atoms with E-state index in [0.29, 0.717) is 0 Å². The predicted octanol–water partition coefficient (Wildman–Crippen LogP) is 5.40. The molecule has 0 amide bonds. The van der Waals surface area contributed by atoms with Crippen LogP contribution in [-0.2, 0) is 43.1 Å². The van der Waals surface area contributed by atoms with Gasteiger partial charge >= 0.3 is 50.9 Å². The molecule has 0 aliphatic carbocycles. The minimum atomic E-state index is -2.29. The second-order valence-electron chi connectivity index (χ2n) is 4.81. The molecule has 2 aromatic rings. The predicted molar refractivity (Wildman–Crippen MR) is 120 cm³/mol. The van der Waals surface area contributed by atoms with Crippen LogP contribution in [0.4, 0.5) is 0 Å². The Labute approximate surface area is 191 Å². The van der Waals surface area contributed by atoms with Crippen molar-refractivity contribution < 1.29 is 43.1 Å². The van der Waals surface area contributed by atoms with Crippen LogP contribution in [0, 0.1) is 0 Å². The standard InChI is InChI=1S/2C9H14O3P.2ClH.Pd/c2*1-10-13(11-2,12-3)9-7-5-4-6-8-9;;;/h2*4-8H,1-3H3;2*1H;/q2*+1;;;+2/p-2. The first-order chi connectivity index (χ1) is 14.0. The van der Waals surface area contributed by atoms with Crippen molar-refractivity contribution in [3.63, 3.8) is 0 Å². The van der Waals surface area contributed by atoms with Crippen LogP contribution < -0.4 is 10.6 Å². The SMILES string of the molecule is CO[P+](OC)(OC)c1ccccc1.CO[P+](OC)(OC)c1ccccc1.[Cl][Pd][Cl]. The van der Waals surface area contributed by atoms with Crippen molar-refractivity contribution in [2.24, 2.45) is 0 Å². The van der Waals surface area contributed by atoms with Crippen molar-refractivity contribution >= 4 is 45.6 Å². The second-order valence-corrected chi connectivity index (χ2v) is 12.4. The summed E-state index contributed by atoms with van der Waals surface area (Å²) in [5.74, 6) is 0. The monoisotopic (exact) mass is 578 g/mol. The Bertz CT molecular complexity index is 563. The third kappa shape index (κ3) is 9.13. The molecular formula is C18H28Cl2O6P2Pd+2. The van der Waals surface area contributed by atoms with E-state index in [0.717, 1.165) is 10.6 Å². The quantitative estimate of drug-likeness (QED) is 0.308. The van der Waals surface area contributed by atoms with Crippen molar-refractivity contribution in [2.75, 3.05) is 42.7 Å². The molecule has 0 radical (unpaired) electrons. The van der Waals surface area contributed by atoms with E-state index >= 15 is 0 Å². The van der Waals surface area contributed by atoms with Gasteiger partial charge in [0.2, 0.25) is 0 Å². The van der Waals surface area contributed by atoms with E-state index in [4.69, 9.17) is 46.2 Å². The summed E-state index contributed by atoms with van der Waals surface area (Å²) in [4.78, 5) is 0. The van der Waals surface area contributed by atoms with Crippen LogP contribution in [0.3, 0.4) is 0 Å². The van der Waals surface area contributed by atoms with Gasteiger partial charge in [0.1, 0.15) is 0 Å². The van der Waals surface area contributed by atoms with Gasteiger partial charge in [-0.15, -0.1) is 0 Å². The number of rotatable bonds is 8. The van der Waals surface area contributed by atoms with Gasteiger partial charge in [-0.05, 0) is 24.3 Å². The summed E-state index contributed by atoms with van der Waals surface area (Å²) in [5.41, 5.74) is 0. The Morgan fingerprint density at radius 2 is 0.724 bits per heavy atom. The van der Waals surface area contributed by atoms with Crippen LogP contribution in [0.2, 0.25) is 0 Å². The van der Waals surface area contributed by atoms with E-state index in [1.165, 1.54) is 0 Å². The van der Waals surface area contributed by atoms with E-state index in [9.17, 15) is 0 Å². The Hall–Kier alpha value is 0.302. The van der Waals surface area contributed by atoms with Gasteiger partial charge in [0.15, 0.2) is 10.6 Å². The zero-order valence-corrected chi connectivity index (χ0v) is 22.0. The van der Waals surface area contributed by atoms with Crippen molar-refractivity contribution in [1.82, 2.24) is 0 Å². The number of halogens is 2. The van der Waals surface area contributed by atoms with E-state index in [-0.39, 0.29) is 15.9 Å². The van der Waals surface area contributed by atoms with Gasteiger partial charge in [-0.3, -0.25) is 0 Å². The van der Waals surface area contributed by atoms with Gasteiger partial charge in [-0.25, -0.2) is 0 Å². The molecule has 2 aromatic carbocycles. The molecule has 168 valence electrons. The summed E-state index contributed by atoms with van der Waals surface area (Å²) in [6, 6.07) is 19.4. The van der Waals surface area contributed by atoms with Crippen molar-refractivity contribution in [3.05, 3.63) is 60.7 Å². The molecule has 0 bridgehead atoms. The van der Waals surface area contributed by atoms with Gasteiger partial charge in [0.05, 0.1) is 42.7 Å². The van der Waals surface area contributed by atoms with Crippen molar-refractivity contribution in [1.29, 1.82) is 0 Å². The number of hydrogen-bond donors (Lipinski definition) is 0. The number of hydrogen-bond acceptors (Lipinski definition) is 6. The summed E-state index contributed by atoms with van der Waals surface area (Å²) in [5, 5.41) is 1.89. The van der Waals surface area contributed by atoms with E-state index in [1.54, 1.807) is 42.7 Å². The van der Waals surface area contributed by atoms with Crippen molar-refractivity contribution in [2.45, 2.75) is 0 Å². The molecule has 11 heteroatoms. The maximum absolute atomic E-state index is 5.29. The molecule has 0 unspecified atom stereocenters. The molecule has 0 aliphatic rings. The average molecular weight is 580 g/mol. The van der Waals surface area contributed by atoms with E-state index in [1.807, 2.05) is 60.7 Å². The molecule has 0 saturated heterocycles. The molecule has 0 spiro atoms. The maximum atomic E-state index is 5.29. The van der Waals surface area contributed by atoms with Gasteiger partial charge in [0.25, 0.3) is 0 Å². The molecule has 0 atom stereocenters. The second kappa shape index (κ2) is 16.9. The van der Waals surface area contributed by atoms with E-state index < -0.39 is 15.9 Å². The normalized spacial score (nSPS) is 11.2. The summed E-state index contributed by atoms with van der Waals surface area (Å²) in [7, 11) is 14.6. The fraction of sp³-hybridized carbons (Fsp3) is 0.333. The minimum absolute atomic E-state index is 0.106. The van der Waals surface area contributed by atoms with Crippen LogP contribution in [0.1, 0.15) is 0 Å². The Balaban J connectivity index is 0.000000477. The summed E-state index contributed by atoms with van der Waals surface area (Å²) < 4.78 is 31.7. The molecular weight excluding hydrogens is 551 g/mol. The van der Waals surface area contributed by atoms with Crippen LogP contribution in [0.25, 0.3) is 0 Å². The first-order valence-corrected chi connectivity index (χ1v) is 15.1. The van der Waals surface area contributed by atoms with Gasteiger partial charge < -0.3 is 0 Å². The molecule has 0 heterocycles. The van der Waals surface area contributed by atoms with Gasteiger partial charge in [-0.1, -0.05) is 36.4 Å². The third-order valence-corrected chi connectivity index (χ3v) is 8.33. The zero-order chi connectivity index (χ0) is 22.2. The molecule has 0 fully saturated rings. The summed E-state index contributed by atoms with van der Waals surface area (Å²) in [6.07, 6.45) is 0. The van der Waals surface area contributed by atoms with Crippen LogP contribution in [0.15, 0.2) is 60.7 Å². The molecule has 0 aliphatic heterocycles. The van der Waals surface area contributed by atoms with Crippen LogP contribution in [0.5, 0.6) is 0 Å². The molecule has 0 saturated carbocycles. The molecule has 29 heavy (non-hydrogen) atoms. The summed E-state index contributed by atoms with van der Waals surface area (Å²) in [6.45, 7) is 0. The van der Waals surface area contributed by atoms with Crippen molar-refractivity contribution in [3.8, 4) is 0 Å².